The van der Waals surface area contributed by atoms with Gasteiger partial charge in [0.15, 0.2) is 0 Å². The Morgan fingerprint density at radius 2 is 1.00 bits per heavy atom. The first-order valence-electron chi connectivity index (χ1n) is 14.3. The summed E-state index contributed by atoms with van der Waals surface area (Å²) >= 11 is 0. The van der Waals surface area contributed by atoms with Crippen molar-refractivity contribution in [1.29, 1.82) is 0 Å². The van der Waals surface area contributed by atoms with Crippen LogP contribution in [-0.4, -0.2) is 24.6 Å². The monoisotopic (exact) mass is 468 g/mol. The predicted molar refractivity (Wildman–Crippen MR) is 139 cm³/mol. The van der Waals surface area contributed by atoms with Gasteiger partial charge >= 0.3 is 11.9 Å². The van der Waals surface area contributed by atoms with Crippen molar-refractivity contribution in [3.63, 3.8) is 0 Å². The molecule has 0 saturated carbocycles. The van der Waals surface area contributed by atoms with E-state index in [2.05, 4.69) is 20.8 Å². The third kappa shape index (κ3) is 25.4. The molecule has 4 heteroatoms. The molecule has 0 aromatic rings. The lowest BCUT2D eigenvalue weighted by atomic mass is 10.0. The second-order valence-electron chi connectivity index (χ2n) is 10.3. The molecule has 33 heavy (non-hydrogen) atoms. The van der Waals surface area contributed by atoms with Gasteiger partial charge in [0, 0.05) is 0 Å². The minimum absolute atomic E-state index is 0.0824. The standard InChI is InChI=1S/C29H56O4/c1-5-6-7-8-9-10-11-12-13-14-15-16-17-18-19-20-25-32-28(30)23-24-29(31)33-27(4)22-21-26(2)3/h26-27H,5-25H2,1-4H3. The van der Waals surface area contributed by atoms with Crippen molar-refractivity contribution in [2.45, 2.75) is 162 Å². The predicted octanol–water partition coefficient (Wildman–Crippen LogP) is 8.94. The van der Waals surface area contributed by atoms with E-state index in [-0.39, 0.29) is 30.9 Å². The molecule has 0 aliphatic rings. The summed E-state index contributed by atoms with van der Waals surface area (Å²) in [6.07, 6.45) is 23.3. The Labute approximate surface area is 206 Å². The molecule has 0 aliphatic carbocycles. The first kappa shape index (κ1) is 31.9. The van der Waals surface area contributed by atoms with E-state index < -0.39 is 0 Å². The number of hydrogen-bond donors (Lipinski definition) is 0. The maximum absolute atomic E-state index is 11.8. The van der Waals surface area contributed by atoms with Crippen molar-refractivity contribution >= 4 is 11.9 Å². The van der Waals surface area contributed by atoms with Crippen molar-refractivity contribution in [3.05, 3.63) is 0 Å². The normalized spacial score (nSPS) is 12.2. The second-order valence-corrected chi connectivity index (χ2v) is 10.3. The maximum atomic E-state index is 11.8. The molecule has 0 heterocycles. The largest absolute Gasteiger partial charge is 0.466 e. The Balaban J connectivity index is 3.33. The fraction of sp³-hybridized carbons (Fsp3) is 0.931. The van der Waals surface area contributed by atoms with Crippen LogP contribution in [0.1, 0.15) is 156 Å². The molecule has 0 amide bonds. The van der Waals surface area contributed by atoms with Crippen LogP contribution in [0.3, 0.4) is 0 Å². The number of rotatable bonds is 24. The topological polar surface area (TPSA) is 52.6 Å². The van der Waals surface area contributed by atoms with Crippen LogP contribution in [0.25, 0.3) is 0 Å². The highest BCUT2D eigenvalue weighted by atomic mass is 16.5. The second kappa shape index (κ2) is 24.1. The van der Waals surface area contributed by atoms with Crippen LogP contribution in [0.4, 0.5) is 0 Å². The van der Waals surface area contributed by atoms with Gasteiger partial charge in [0.05, 0.1) is 25.6 Å². The van der Waals surface area contributed by atoms with Gasteiger partial charge < -0.3 is 9.47 Å². The van der Waals surface area contributed by atoms with Crippen LogP contribution in [0.15, 0.2) is 0 Å². The zero-order valence-electron chi connectivity index (χ0n) is 22.6. The summed E-state index contributed by atoms with van der Waals surface area (Å²) in [6, 6.07) is 0. The summed E-state index contributed by atoms with van der Waals surface area (Å²) in [5, 5.41) is 0. The Morgan fingerprint density at radius 3 is 1.45 bits per heavy atom. The van der Waals surface area contributed by atoms with Gasteiger partial charge in [-0.05, 0) is 32.1 Å². The number of carbonyl (C=O) groups excluding carboxylic acids is 2. The van der Waals surface area contributed by atoms with E-state index >= 15 is 0 Å². The average Bonchev–Trinajstić information content (AvgIpc) is 2.78. The zero-order chi connectivity index (χ0) is 24.6. The third-order valence-electron chi connectivity index (χ3n) is 6.28. The Bertz CT molecular complexity index is 447. The van der Waals surface area contributed by atoms with E-state index in [0.717, 1.165) is 25.7 Å². The number of hydrogen-bond acceptors (Lipinski definition) is 4. The average molecular weight is 469 g/mol. The van der Waals surface area contributed by atoms with E-state index in [1.807, 2.05) is 6.92 Å². The van der Waals surface area contributed by atoms with Gasteiger partial charge in [0.25, 0.3) is 0 Å². The van der Waals surface area contributed by atoms with E-state index in [1.165, 1.54) is 89.9 Å². The molecule has 0 saturated heterocycles. The number of ether oxygens (including phenoxy) is 2. The van der Waals surface area contributed by atoms with Crippen LogP contribution in [0.2, 0.25) is 0 Å². The van der Waals surface area contributed by atoms with Crippen LogP contribution >= 0.6 is 0 Å². The summed E-state index contributed by atoms with van der Waals surface area (Å²) in [4.78, 5) is 23.6. The molecular formula is C29H56O4. The first-order valence-corrected chi connectivity index (χ1v) is 14.3. The molecular weight excluding hydrogens is 412 g/mol. The minimum Gasteiger partial charge on any atom is -0.466 e. The van der Waals surface area contributed by atoms with E-state index in [0.29, 0.717) is 12.5 Å². The lowest BCUT2D eigenvalue weighted by Crippen LogP contribution is -2.17. The third-order valence-corrected chi connectivity index (χ3v) is 6.28. The van der Waals surface area contributed by atoms with Gasteiger partial charge in [-0.3, -0.25) is 9.59 Å². The van der Waals surface area contributed by atoms with Crippen molar-refractivity contribution in [1.82, 2.24) is 0 Å². The number of carbonyl (C=O) groups is 2. The quantitative estimate of drug-likeness (QED) is 0.105. The SMILES string of the molecule is CCCCCCCCCCCCCCCCCCOC(=O)CCC(=O)OC(C)CCC(C)C. The molecule has 0 bridgehead atoms. The lowest BCUT2D eigenvalue weighted by Gasteiger charge is -2.14. The fourth-order valence-corrected chi connectivity index (χ4v) is 4.02. The Hall–Kier alpha value is -1.06. The van der Waals surface area contributed by atoms with E-state index in [4.69, 9.17) is 9.47 Å². The van der Waals surface area contributed by atoms with Gasteiger partial charge in [0.1, 0.15) is 0 Å². The molecule has 0 rings (SSSR count). The molecule has 0 aliphatic heterocycles. The van der Waals surface area contributed by atoms with Crippen molar-refractivity contribution in [3.8, 4) is 0 Å². The molecule has 0 N–H and O–H groups in total. The van der Waals surface area contributed by atoms with Gasteiger partial charge in [-0.1, -0.05) is 117 Å². The highest BCUT2D eigenvalue weighted by molar-refractivity contribution is 5.77. The molecule has 0 spiro atoms. The summed E-state index contributed by atoms with van der Waals surface area (Å²) in [5.41, 5.74) is 0. The van der Waals surface area contributed by atoms with Crippen LogP contribution in [0.5, 0.6) is 0 Å². The molecule has 0 aromatic carbocycles. The fourth-order valence-electron chi connectivity index (χ4n) is 4.02. The highest BCUT2D eigenvalue weighted by Gasteiger charge is 2.13. The van der Waals surface area contributed by atoms with E-state index in [9.17, 15) is 9.59 Å². The molecule has 1 atom stereocenters. The highest BCUT2D eigenvalue weighted by Crippen LogP contribution is 2.14. The summed E-state index contributed by atoms with van der Waals surface area (Å²) in [5.74, 6) is 0.0130. The van der Waals surface area contributed by atoms with Crippen LogP contribution in [-0.2, 0) is 19.1 Å². The first-order chi connectivity index (χ1) is 16.0. The molecule has 0 fully saturated rings. The van der Waals surface area contributed by atoms with Crippen LogP contribution < -0.4 is 0 Å². The van der Waals surface area contributed by atoms with Crippen molar-refractivity contribution in [2.24, 2.45) is 5.92 Å². The molecule has 1 unspecified atom stereocenters. The number of unbranched alkanes of at least 4 members (excludes halogenated alkanes) is 15. The molecule has 0 aromatic heterocycles. The van der Waals surface area contributed by atoms with Gasteiger partial charge in [-0.25, -0.2) is 0 Å². The van der Waals surface area contributed by atoms with Crippen molar-refractivity contribution in [2.75, 3.05) is 6.61 Å². The van der Waals surface area contributed by atoms with Gasteiger partial charge in [-0.15, -0.1) is 0 Å². The molecule has 0 radical (unpaired) electrons. The smallest absolute Gasteiger partial charge is 0.306 e. The summed E-state index contributed by atoms with van der Waals surface area (Å²) < 4.78 is 10.6. The van der Waals surface area contributed by atoms with Crippen LogP contribution in [0, 0.1) is 5.92 Å². The minimum atomic E-state index is -0.300. The lowest BCUT2D eigenvalue weighted by molar-refractivity contribution is -0.153. The number of esters is 2. The maximum Gasteiger partial charge on any atom is 0.306 e. The van der Waals surface area contributed by atoms with Gasteiger partial charge in [0.2, 0.25) is 0 Å². The molecule has 196 valence electrons. The van der Waals surface area contributed by atoms with Crippen molar-refractivity contribution < 1.29 is 19.1 Å². The molecule has 4 nitrogen and oxygen atoms in total. The Kier molecular flexibility index (Phi) is 23.3. The summed E-state index contributed by atoms with van der Waals surface area (Å²) in [6.45, 7) is 8.97. The van der Waals surface area contributed by atoms with Gasteiger partial charge in [-0.2, -0.15) is 0 Å². The summed E-state index contributed by atoms with van der Waals surface area (Å²) in [7, 11) is 0. The Morgan fingerprint density at radius 1 is 0.576 bits per heavy atom. The van der Waals surface area contributed by atoms with E-state index in [1.54, 1.807) is 0 Å². The zero-order valence-corrected chi connectivity index (χ0v) is 22.6.